The Kier molecular flexibility index (Phi) is 6.03. The van der Waals surface area contributed by atoms with E-state index in [1.165, 1.54) is 5.56 Å². The van der Waals surface area contributed by atoms with Crippen molar-refractivity contribution >= 4 is 17.5 Å². The highest BCUT2D eigenvalue weighted by Crippen LogP contribution is 2.32. The van der Waals surface area contributed by atoms with E-state index in [2.05, 4.69) is 23.3 Å². The average molecular weight is 365 g/mol. The molecule has 1 amide bonds. The average Bonchev–Trinajstić information content (AvgIpc) is 2.70. The van der Waals surface area contributed by atoms with Gasteiger partial charge in [0.1, 0.15) is 0 Å². The Hall–Kier alpha value is -2.65. The van der Waals surface area contributed by atoms with Crippen molar-refractivity contribution in [3.8, 4) is 0 Å². The lowest BCUT2D eigenvalue weighted by Crippen LogP contribution is -2.30. The van der Waals surface area contributed by atoms with Crippen molar-refractivity contribution in [2.45, 2.75) is 18.8 Å². The van der Waals surface area contributed by atoms with E-state index < -0.39 is 0 Å². The molecule has 2 atom stereocenters. The summed E-state index contributed by atoms with van der Waals surface area (Å²) < 4.78 is 0. The Bertz CT molecular complexity index is 835. The summed E-state index contributed by atoms with van der Waals surface area (Å²) in [5, 5.41) is 3.79. The van der Waals surface area contributed by atoms with Gasteiger partial charge in [0.05, 0.1) is 0 Å². The highest BCUT2D eigenvalue weighted by Gasteiger charge is 2.22. The standard InChI is InChI=1S/C22H21ClN2O/c1-16(17-9-11-20(23)12-10-17)21(19-8-5-13-24-14-19)15-25-22(26)18-6-3-2-4-7-18/h2-14,16,21H,15H2,1H3,(H,25,26). The van der Waals surface area contributed by atoms with Gasteiger partial charge in [-0.05, 0) is 47.4 Å². The Morgan fingerprint density at radius 1 is 1.00 bits per heavy atom. The fourth-order valence-corrected chi connectivity index (χ4v) is 3.20. The van der Waals surface area contributed by atoms with Crippen molar-refractivity contribution in [1.29, 1.82) is 0 Å². The van der Waals surface area contributed by atoms with Crippen LogP contribution >= 0.6 is 11.6 Å². The summed E-state index contributed by atoms with van der Waals surface area (Å²) >= 11 is 6.02. The third-order valence-electron chi connectivity index (χ3n) is 4.63. The van der Waals surface area contributed by atoms with Crippen LogP contribution in [0.3, 0.4) is 0 Å². The molecular weight excluding hydrogens is 344 g/mol. The van der Waals surface area contributed by atoms with E-state index in [1.807, 2.05) is 66.9 Å². The SMILES string of the molecule is CC(c1ccc(Cl)cc1)C(CNC(=O)c1ccccc1)c1cccnc1. The zero-order valence-electron chi connectivity index (χ0n) is 14.6. The van der Waals surface area contributed by atoms with Gasteiger partial charge in [-0.2, -0.15) is 0 Å². The van der Waals surface area contributed by atoms with Gasteiger partial charge in [-0.25, -0.2) is 0 Å². The number of pyridine rings is 1. The van der Waals surface area contributed by atoms with E-state index in [-0.39, 0.29) is 17.7 Å². The molecular formula is C22H21ClN2O. The number of nitrogens with one attached hydrogen (secondary N) is 1. The Balaban J connectivity index is 1.80. The quantitative estimate of drug-likeness (QED) is 0.664. The van der Waals surface area contributed by atoms with Crippen LogP contribution in [0.2, 0.25) is 5.02 Å². The van der Waals surface area contributed by atoms with Gasteiger partial charge < -0.3 is 5.32 Å². The fraction of sp³-hybridized carbons (Fsp3) is 0.182. The second kappa shape index (κ2) is 8.63. The van der Waals surface area contributed by atoms with Gasteiger partial charge in [0.15, 0.2) is 0 Å². The van der Waals surface area contributed by atoms with Gasteiger partial charge in [0.25, 0.3) is 5.91 Å². The topological polar surface area (TPSA) is 42.0 Å². The molecule has 2 aromatic carbocycles. The molecule has 3 nitrogen and oxygen atoms in total. The summed E-state index contributed by atoms with van der Waals surface area (Å²) in [6, 6.07) is 21.1. The predicted octanol–water partition coefficient (Wildman–Crippen LogP) is 5.05. The lowest BCUT2D eigenvalue weighted by Gasteiger charge is -2.25. The maximum absolute atomic E-state index is 12.4. The third kappa shape index (κ3) is 4.50. The number of benzene rings is 2. The van der Waals surface area contributed by atoms with Crippen molar-refractivity contribution in [2.24, 2.45) is 0 Å². The van der Waals surface area contributed by atoms with Crippen LogP contribution in [-0.2, 0) is 0 Å². The van der Waals surface area contributed by atoms with Gasteiger partial charge in [0, 0.05) is 35.4 Å². The minimum absolute atomic E-state index is 0.0669. The lowest BCUT2D eigenvalue weighted by molar-refractivity contribution is 0.0950. The highest BCUT2D eigenvalue weighted by molar-refractivity contribution is 6.30. The number of aromatic nitrogens is 1. The fourth-order valence-electron chi connectivity index (χ4n) is 3.07. The summed E-state index contributed by atoms with van der Waals surface area (Å²) in [7, 11) is 0. The van der Waals surface area contributed by atoms with Gasteiger partial charge in [-0.3, -0.25) is 9.78 Å². The van der Waals surface area contributed by atoms with Crippen molar-refractivity contribution in [3.63, 3.8) is 0 Å². The van der Waals surface area contributed by atoms with E-state index in [9.17, 15) is 4.79 Å². The molecule has 26 heavy (non-hydrogen) atoms. The highest BCUT2D eigenvalue weighted by atomic mass is 35.5. The molecule has 0 saturated carbocycles. The summed E-state index contributed by atoms with van der Waals surface area (Å²) in [6.45, 7) is 2.69. The van der Waals surface area contributed by atoms with Crippen LogP contribution in [0, 0.1) is 0 Å². The van der Waals surface area contributed by atoms with Crippen molar-refractivity contribution in [3.05, 3.63) is 101 Å². The van der Waals surface area contributed by atoms with Crippen molar-refractivity contribution in [2.75, 3.05) is 6.54 Å². The second-order valence-electron chi connectivity index (χ2n) is 6.31. The molecule has 0 bridgehead atoms. The summed E-state index contributed by atoms with van der Waals surface area (Å²) in [4.78, 5) is 16.7. The largest absolute Gasteiger partial charge is 0.351 e. The first-order valence-corrected chi connectivity index (χ1v) is 9.01. The maximum atomic E-state index is 12.4. The number of carbonyl (C=O) groups excluding carboxylic acids is 1. The van der Waals surface area contributed by atoms with Crippen molar-refractivity contribution in [1.82, 2.24) is 10.3 Å². The van der Waals surface area contributed by atoms with Crippen LogP contribution in [0.25, 0.3) is 0 Å². The van der Waals surface area contributed by atoms with Crippen molar-refractivity contribution < 1.29 is 4.79 Å². The lowest BCUT2D eigenvalue weighted by atomic mass is 9.83. The minimum Gasteiger partial charge on any atom is -0.351 e. The number of carbonyl (C=O) groups is 1. The van der Waals surface area contributed by atoms with Crippen LogP contribution in [0.5, 0.6) is 0 Å². The summed E-state index contributed by atoms with van der Waals surface area (Å²) in [5.74, 6) is 0.243. The van der Waals surface area contributed by atoms with E-state index in [0.717, 1.165) is 10.6 Å². The molecule has 132 valence electrons. The molecule has 0 spiro atoms. The Morgan fingerprint density at radius 3 is 2.38 bits per heavy atom. The van der Waals surface area contributed by atoms with Crippen LogP contribution < -0.4 is 5.32 Å². The number of amides is 1. The van der Waals surface area contributed by atoms with Gasteiger partial charge in [-0.1, -0.05) is 54.9 Å². The van der Waals surface area contributed by atoms with Crippen LogP contribution in [-0.4, -0.2) is 17.4 Å². The van der Waals surface area contributed by atoms with E-state index in [0.29, 0.717) is 12.1 Å². The molecule has 0 aliphatic carbocycles. The number of hydrogen-bond donors (Lipinski definition) is 1. The third-order valence-corrected chi connectivity index (χ3v) is 4.88. The molecule has 1 heterocycles. The molecule has 0 saturated heterocycles. The number of nitrogens with zero attached hydrogens (tertiary/aromatic N) is 1. The first-order chi connectivity index (χ1) is 12.6. The van der Waals surface area contributed by atoms with E-state index in [4.69, 9.17) is 11.6 Å². The summed E-state index contributed by atoms with van der Waals surface area (Å²) in [6.07, 6.45) is 3.63. The number of hydrogen-bond acceptors (Lipinski definition) is 2. The molecule has 4 heteroatoms. The van der Waals surface area contributed by atoms with E-state index in [1.54, 1.807) is 6.20 Å². The van der Waals surface area contributed by atoms with E-state index >= 15 is 0 Å². The first kappa shape index (κ1) is 18.2. The molecule has 3 rings (SSSR count). The molecule has 3 aromatic rings. The Morgan fingerprint density at radius 2 is 1.73 bits per heavy atom. The number of halogens is 1. The smallest absolute Gasteiger partial charge is 0.251 e. The molecule has 0 fully saturated rings. The van der Waals surface area contributed by atoms with Gasteiger partial charge in [0.2, 0.25) is 0 Å². The molecule has 0 aliphatic rings. The first-order valence-electron chi connectivity index (χ1n) is 8.64. The molecule has 1 N–H and O–H groups in total. The molecule has 0 radical (unpaired) electrons. The van der Waals surface area contributed by atoms with Crippen LogP contribution in [0.1, 0.15) is 40.2 Å². The number of rotatable bonds is 6. The molecule has 2 unspecified atom stereocenters. The molecule has 0 aliphatic heterocycles. The predicted molar refractivity (Wildman–Crippen MR) is 106 cm³/mol. The van der Waals surface area contributed by atoms with Gasteiger partial charge >= 0.3 is 0 Å². The second-order valence-corrected chi connectivity index (χ2v) is 6.75. The Labute approximate surface area is 159 Å². The zero-order valence-corrected chi connectivity index (χ0v) is 15.4. The monoisotopic (exact) mass is 364 g/mol. The normalized spacial score (nSPS) is 13.0. The maximum Gasteiger partial charge on any atom is 0.251 e. The minimum atomic E-state index is -0.0669. The van der Waals surface area contributed by atoms with Gasteiger partial charge in [-0.15, -0.1) is 0 Å². The zero-order chi connectivity index (χ0) is 18.4. The molecule has 1 aromatic heterocycles. The van der Waals surface area contributed by atoms with Crippen LogP contribution in [0.4, 0.5) is 0 Å². The summed E-state index contributed by atoms with van der Waals surface area (Å²) in [5.41, 5.74) is 2.94. The van der Waals surface area contributed by atoms with Crippen LogP contribution in [0.15, 0.2) is 79.1 Å².